The molecule has 0 fully saturated rings. The molecule has 0 N–H and O–H groups in total. The van der Waals surface area contributed by atoms with Crippen LogP contribution in [-0.4, -0.2) is 20.3 Å². The van der Waals surface area contributed by atoms with Crippen LogP contribution >= 0.6 is 23.1 Å². The van der Waals surface area contributed by atoms with Gasteiger partial charge in [-0.05, 0) is 30.7 Å². The smallest absolute Gasteiger partial charge is 0.338 e. The summed E-state index contributed by atoms with van der Waals surface area (Å²) in [7, 11) is 0. The van der Waals surface area contributed by atoms with Gasteiger partial charge >= 0.3 is 5.97 Å². The van der Waals surface area contributed by atoms with E-state index in [0.717, 1.165) is 26.9 Å². The van der Waals surface area contributed by atoms with E-state index in [9.17, 15) is 4.79 Å². The average Bonchev–Trinajstić information content (AvgIpc) is 3.30. The fourth-order valence-corrected chi connectivity index (χ4v) is 4.51. The minimum atomic E-state index is -0.335. The van der Waals surface area contributed by atoms with Gasteiger partial charge in [0.2, 0.25) is 0 Å². The Morgan fingerprint density at radius 1 is 1.19 bits per heavy atom. The summed E-state index contributed by atoms with van der Waals surface area (Å²) in [6.45, 7) is 2.12. The number of thioether (sulfide) groups is 1. The largest absolute Gasteiger partial charge is 0.456 e. The van der Waals surface area contributed by atoms with Crippen LogP contribution in [0.3, 0.4) is 0 Å². The van der Waals surface area contributed by atoms with Crippen LogP contribution in [-0.2, 0) is 17.1 Å². The number of carbonyl (C=O) groups excluding carboxylic acids is 1. The van der Waals surface area contributed by atoms with Crippen LogP contribution < -0.4 is 0 Å². The first kappa shape index (κ1) is 17.8. The van der Waals surface area contributed by atoms with Gasteiger partial charge in [0.1, 0.15) is 16.6 Å². The van der Waals surface area contributed by atoms with Gasteiger partial charge < -0.3 is 9.14 Å². The molecule has 0 bridgehead atoms. The minimum Gasteiger partial charge on any atom is -0.456 e. The summed E-state index contributed by atoms with van der Waals surface area (Å²) in [6, 6.07) is 13.3. The molecule has 0 saturated heterocycles. The van der Waals surface area contributed by atoms with Gasteiger partial charge in [0.15, 0.2) is 0 Å². The maximum atomic E-state index is 12.6. The minimum absolute atomic E-state index is 0.146. The molecule has 0 aliphatic heterocycles. The van der Waals surface area contributed by atoms with E-state index in [1.54, 1.807) is 29.2 Å². The van der Waals surface area contributed by atoms with Crippen LogP contribution in [0.15, 0.2) is 64.6 Å². The molecule has 0 radical (unpaired) electrons. The van der Waals surface area contributed by atoms with Crippen LogP contribution in [0.5, 0.6) is 0 Å². The van der Waals surface area contributed by atoms with Crippen molar-refractivity contribution < 1.29 is 9.53 Å². The van der Waals surface area contributed by atoms with E-state index in [2.05, 4.69) is 9.97 Å². The quantitative estimate of drug-likeness (QED) is 0.348. The zero-order chi connectivity index (χ0) is 18.6. The number of fused-ring (bicyclic) bond motifs is 1. The van der Waals surface area contributed by atoms with Crippen molar-refractivity contribution in [2.45, 2.75) is 23.6 Å². The summed E-state index contributed by atoms with van der Waals surface area (Å²) < 4.78 is 8.41. The second kappa shape index (κ2) is 7.94. The molecule has 1 aromatic carbocycles. The summed E-state index contributed by atoms with van der Waals surface area (Å²) in [4.78, 5) is 21.5. The standard InChI is InChI=1S/C20H17N3O2S2/c1-14-12-26-20(21-14)27-13-15-6-2-3-7-17(15)19(24)25-11-16-10-23-9-5-4-8-18(23)22-16/h2-10,12H,11,13H2,1H3. The number of carbonyl (C=O) groups is 1. The number of pyridine rings is 1. The highest BCUT2D eigenvalue weighted by Gasteiger charge is 2.14. The number of rotatable bonds is 6. The Bertz CT molecular complexity index is 1050. The predicted octanol–water partition coefficient (Wildman–Crippen LogP) is 4.75. The number of ether oxygens (including phenoxy) is 1. The van der Waals surface area contributed by atoms with Crippen LogP contribution in [0.2, 0.25) is 0 Å². The molecule has 0 saturated carbocycles. The van der Waals surface area contributed by atoms with Crippen molar-refractivity contribution in [3.63, 3.8) is 0 Å². The summed E-state index contributed by atoms with van der Waals surface area (Å²) in [5, 5.41) is 2.03. The Balaban J connectivity index is 1.43. The van der Waals surface area contributed by atoms with E-state index in [1.807, 2.05) is 65.5 Å². The number of esters is 1. The van der Waals surface area contributed by atoms with E-state index in [0.29, 0.717) is 11.3 Å². The first-order valence-corrected chi connectivity index (χ1v) is 10.3. The average molecular weight is 396 g/mol. The summed E-state index contributed by atoms with van der Waals surface area (Å²) in [5.41, 5.74) is 4.10. The first-order chi connectivity index (χ1) is 13.2. The van der Waals surface area contributed by atoms with Crippen LogP contribution in [0, 0.1) is 6.92 Å². The second-order valence-electron chi connectivity index (χ2n) is 5.98. The van der Waals surface area contributed by atoms with Gasteiger partial charge in [-0.15, -0.1) is 11.3 Å². The number of benzene rings is 1. The van der Waals surface area contributed by atoms with Crippen molar-refractivity contribution in [1.82, 2.24) is 14.4 Å². The lowest BCUT2D eigenvalue weighted by Crippen LogP contribution is -2.08. The monoisotopic (exact) mass is 395 g/mol. The number of aromatic nitrogens is 3. The lowest BCUT2D eigenvalue weighted by atomic mass is 10.1. The van der Waals surface area contributed by atoms with Crippen molar-refractivity contribution in [2.75, 3.05) is 0 Å². The van der Waals surface area contributed by atoms with E-state index in [1.165, 1.54) is 0 Å². The predicted molar refractivity (Wildman–Crippen MR) is 107 cm³/mol. The molecule has 4 rings (SSSR count). The maximum Gasteiger partial charge on any atom is 0.338 e. The third-order valence-electron chi connectivity index (χ3n) is 3.95. The molecule has 136 valence electrons. The highest BCUT2D eigenvalue weighted by atomic mass is 32.2. The highest BCUT2D eigenvalue weighted by molar-refractivity contribution is 8.00. The molecular weight excluding hydrogens is 378 g/mol. The van der Waals surface area contributed by atoms with Gasteiger partial charge in [0.05, 0.1) is 11.3 Å². The molecule has 7 heteroatoms. The molecule has 4 aromatic rings. The van der Waals surface area contributed by atoms with Crippen molar-refractivity contribution in [3.8, 4) is 0 Å². The lowest BCUT2D eigenvalue weighted by molar-refractivity contribution is 0.0467. The van der Waals surface area contributed by atoms with Gasteiger partial charge in [-0.3, -0.25) is 0 Å². The number of aryl methyl sites for hydroxylation is 1. The van der Waals surface area contributed by atoms with E-state index in [-0.39, 0.29) is 12.6 Å². The first-order valence-electron chi connectivity index (χ1n) is 8.41. The SMILES string of the molecule is Cc1csc(SCc2ccccc2C(=O)OCc2cn3ccccc3n2)n1. The molecule has 27 heavy (non-hydrogen) atoms. The van der Waals surface area contributed by atoms with Crippen molar-refractivity contribution in [1.29, 1.82) is 0 Å². The number of hydrogen-bond acceptors (Lipinski definition) is 6. The summed E-state index contributed by atoms with van der Waals surface area (Å²) >= 11 is 3.24. The Morgan fingerprint density at radius 2 is 2.04 bits per heavy atom. The van der Waals surface area contributed by atoms with Gasteiger partial charge in [-0.25, -0.2) is 14.8 Å². The molecule has 5 nitrogen and oxygen atoms in total. The Kier molecular flexibility index (Phi) is 5.22. The third-order valence-corrected chi connectivity index (χ3v) is 6.14. The molecular formula is C20H17N3O2S2. The molecule has 0 spiro atoms. The van der Waals surface area contributed by atoms with Gasteiger partial charge in [-0.1, -0.05) is 36.0 Å². The Labute approximate surface area is 165 Å². The topological polar surface area (TPSA) is 56.5 Å². The van der Waals surface area contributed by atoms with E-state index in [4.69, 9.17) is 4.74 Å². The third kappa shape index (κ3) is 4.20. The van der Waals surface area contributed by atoms with Crippen molar-refractivity contribution in [2.24, 2.45) is 0 Å². The summed E-state index contributed by atoms with van der Waals surface area (Å²) in [5.74, 6) is 0.339. The molecule has 0 unspecified atom stereocenters. The molecule has 3 heterocycles. The molecule has 0 aliphatic rings. The van der Waals surface area contributed by atoms with Gasteiger partial charge in [-0.2, -0.15) is 0 Å². The van der Waals surface area contributed by atoms with Crippen molar-refractivity contribution in [3.05, 3.63) is 82.8 Å². The molecule has 0 aliphatic carbocycles. The highest BCUT2D eigenvalue weighted by Crippen LogP contribution is 2.27. The van der Waals surface area contributed by atoms with Crippen LogP contribution in [0.1, 0.15) is 27.3 Å². The van der Waals surface area contributed by atoms with E-state index < -0.39 is 0 Å². The maximum absolute atomic E-state index is 12.6. The molecule has 3 aromatic heterocycles. The zero-order valence-corrected chi connectivity index (χ0v) is 16.3. The Morgan fingerprint density at radius 3 is 2.85 bits per heavy atom. The number of nitrogens with zero attached hydrogens (tertiary/aromatic N) is 3. The summed E-state index contributed by atoms with van der Waals surface area (Å²) in [6.07, 6.45) is 3.79. The van der Waals surface area contributed by atoms with Crippen LogP contribution in [0.4, 0.5) is 0 Å². The van der Waals surface area contributed by atoms with Crippen LogP contribution in [0.25, 0.3) is 5.65 Å². The normalized spacial score (nSPS) is 11.0. The number of hydrogen-bond donors (Lipinski definition) is 0. The molecule has 0 amide bonds. The number of thiazole rings is 1. The molecule has 0 atom stereocenters. The van der Waals surface area contributed by atoms with Gasteiger partial charge in [0, 0.05) is 29.2 Å². The fourth-order valence-electron chi connectivity index (χ4n) is 2.66. The second-order valence-corrected chi connectivity index (χ2v) is 8.06. The van der Waals surface area contributed by atoms with E-state index >= 15 is 0 Å². The fraction of sp³-hybridized carbons (Fsp3) is 0.150. The van der Waals surface area contributed by atoms with Crippen molar-refractivity contribution >= 4 is 34.7 Å². The Hall–Kier alpha value is -2.64. The van der Waals surface area contributed by atoms with Gasteiger partial charge in [0.25, 0.3) is 0 Å². The zero-order valence-electron chi connectivity index (χ0n) is 14.7. The lowest BCUT2D eigenvalue weighted by Gasteiger charge is -2.08. The number of imidazole rings is 1.